The summed E-state index contributed by atoms with van der Waals surface area (Å²) in [5.74, 6) is -1.59. The summed E-state index contributed by atoms with van der Waals surface area (Å²) in [6.07, 6.45) is 0. The van der Waals surface area contributed by atoms with Crippen molar-refractivity contribution in [3.8, 4) is 0 Å². The number of carboxylic acids is 1. The van der Waals surface area contributed by atoms with Gasteiger partial charge < -0.3 is 10.1 Å². The zero-order valence-corrected chi connectivity index (χ0v) is 7.34. The van der Waals surface area contributed by atoms with E-state index in [4.69, 9.17) is 16.7 Å². The third-order valence-electron chi connectivity index (χ3n) is 1.16. The molecule has 0 aliphatic rings. The molecule has 0 atom stereocenters. The van der Waals surface area contributed by atoms with Crippen LogP contribution in [0.25, 0.3) is 0 Å². The second-order valence-electron chi connectivity index (χ2n) is 2.23. The Hall–Kier alpha value is -1.56. The van der Waals surface area contributed by atoms with Gasteiger partial charge in [-0.1, -0.05) is 11.6 Å². The maximum absolute atomic E-state index is 10.5. The van der Waals surface area contributed by atoms with Crippen LogP contribution in [-0.2, 0) is 4.79 Å². The SMILES string of the molecule is CC(=O)Nc1nc(C(=O)O)c(Cl)[nH]1. The van der Waals surface area contributed by atoms with Gasteiger partial charge in [-0.05, 0) is 0 Å². The summed E-state index contributed by atoms with van der Waals surface area (Å²) >= 11 is 5.47. The van der Waals surface area contributed by atoms with Crippen molar-refractivity contribution in [1.82, 2.24) is 9.97 Å². The molecule has 0 saturated heterocycles. The highest BCUT2D eigenvalue weighted by atomic mass is 35.5. The summed E-state index contributed by atoms with van der Waals surface area (Å²) in [4.78, 5) is 26.9. The maximum atomic E-state index is 10.5. The van der Waals surface area contributed by atoms with Crippen molar-refractivity contribution in [3.05, 3.63) is 10.8 Å². The van der Waals surface area contributed by atoms with Crippen molar-refractivity contribution < 1.29 is 14.7 Å². The molecule has 13 heavy (non-hydrogen) atoms. The molecular weight excluding hydrogens is 198 g/mol. The van der Waals surface area contributed by atoms with E-state index in [9.17, 15) is 9.59 Å². The number of carboxylic acid groups (broad SMARTS) is 1. The molecule has 1 amide bonds. The van der Waals surface area contributed by atoms with Crippen molar-refractivity contribution in [1.29, 1.82) is 0 Å². The smallest absolute Gasteiger partial charge is 0.357 e. The molecule has 1 rings (SSSR count). The van der Waals surface area contributed by atoms with Crippen LogP contribution >= 0.6 is 11.6 Å². The van der Waals surface area contributed by atoms with Crippen LogP contribution in [-0.4, -0.2) is 27.0 Å². The van der Waals surface area contributed by atoms with Crippen molar-refractivity contribution in [2.45, 2.75) is 6.92 Å². The molecule has 0 aromatic carbocycles. The minimum Gasteiger partial charge on any atom is -0.476 e. The first-order valence-corrected chi connectivity index (χ1v) is 3.65. The van der Waals surface area contributed by atoms with Gasteiger partial charge in [-0.2, -0.15) is 0 Å². The summed E-state index contributed by atoms with van der Waals surface area (Å²) in [5.41, 5.74) is -0.314. The predicted octanol–water partition coefficient (Wildman–Crippen LogP) is 0.720. The number of hydrogen-bond acceptors (Lipinski definition) is 3. The number of aromatic carboxylic acids is 1. The largest absolute Gasteiger partial charge is 0.476 e. The van der Waals surface area contributed by atoms with Gasteiger partial charge in [-0.15, -0.1) is 0 Å². The predicted molar refractivity (Wildman–Crippen MR) is 44.9 cm³/mol. The highest BCUT2D eigenvalue weighted by Crippen LogP contribution is 2.14. The van der Waals surface area contributed by atoms with Crippen molar-refractivity contribution in [2.75, 3.05) is 5.32 Å². The fraction of sp³-hybridized carbons (Fsp3) is 0.167. The zero-order valence-electron chi connectivity index (χ0n) is 6.59. The van der Waals surface area contributed by atoms with Gasteiger partial charge in [-0.3, -0.25) is 10.1 Å². The molecule has 0 fully saturated rings. The molecule has 0 spiro atoms. The number of nitrogens with zero attached hydrogens (tertiary/aromatic N) is 1. The van der Waals surface area contributed by atoms with Crippen LogP contribution in [0.4, 0.5) is 5.95 Å². The molecule has 0 unspecified atom stereocenters. The van der Waals surface area contributed by atoms with Gasteiger partial charge in [0.2, 0.25) is 11.9 Å². The first kappa shape index (κ1) is 9.53. The maximum Gasteiger partial charge on any atom is 0.357 e. The molecule has 0 aliphatic carbocycles. The van der Waals surface area contributed by atoms with Gasteiger partial charge >= 0.3 is 5.97 Å². The van der Waals surface area contributed by atoms with E-state index in [0.717, 1.165) is 0 Å². The number of H-pyrrole nitrogens is 1. The first-order valence-electron chi connectivity index (χ1n) is 3.27. The third-order valence-corrected chi connectivity index (χ3v) is 1.43. The van der Waals surface area contributed by atoms with E-state index in [0.29, 0.717) is 0 Å². The fourth-order valence-corrected chi connectivity index (χ4v) is 0.932. The van der Waals surface area contributed by atoms with Crippen LogP contribution in [0.15, 0.2) is 0 Å². The monoisotopic (exact) mass is 203 g/mol. The molecule has 1 aromatic rings. The number of rotatable bonds is 2. The Kier molecular flexibility index (Phi) is 2.52. The minimum absolute atomic E-state index is 0.0231. The highest BCUT2D eigenvalue weighted by Gasteiger charge is 2.15. The van der Waals surface area contributed by atoms with Crippen molar-refractivity contribution in [2.24, 2.45) is 0 Å². The quantitative estimate of drug-likeness (QED) is 0.660. The standard InChI is InChI=1S/C6H6ClN3O3/c1-2(11)8-6-9-3(5(12)13)4(7)10-6/h1H3,(H,12,13)(H2,8,9,10,11). The number of carbonyl (C=O) groups excluding carboxylic acids is 1. The zero-order chi connectivity index (χ0) is 10.0. The van der Waals surface area contributed by atoms with E-state index in [-0.39, 0.29) is 22.7 Å². The Labute approximate surface area is 77.9 Å². The van der Waals surface area contributed by atoms with Gasteiger partial charge in [0.25, 0.3) is 0 Å². The molecule has 0 saturated carbocycles. The topological polar surface area (TPSA) is 95.1 Å². The van der Waals surface area contributed by atoms with Gasteiger partial charge in [-0.25, -0.2) is 9.78 Å². The number of imidazole rings is 1. The van der Waals surface area contributed by atoms with Crippen LogP contribution < -0.4 is 5.32 Å². The van der Waals surface area contributed by atoms with Crippen molar-refractivity contribution >= 4 is 29.4 Å². The van der Waals surface area contributed by atoms with Crippen LogP contribution in [0, 0.1) is 0 Å². The molecule has 7 heteroatoms. The summed E-state index contributed by atoms with van der Waals surface area (Å²) in [6, 6.07) is 0. The molecule has 0 radical (unpaired) electrons. The summed E-state index contributed by atoms with van der Waals surface area (Å²) in [7, 11) is 0. The third kappa shape index (κ3) is 2.19. The second-order valence-corrected chi connectivity index (χ2v) is 2.61. The van der Waals surface area contributed by atoms with Gasteiger partial charge in [0.05, 0.1) is 0 Å². The van der Waals surface area contributed by atoms with E-state index in [1.807, 2.05) is 0 Å². The summed E-state index contributed by atoms with van der Waals surface area (Å²) in [6.45, 7) is 1.27. The molecule has 70 valence electrons. The number of halogens is 1. The van der Waals surface area contributed by atoms with Gasteiger partial charge in [0.1, 0.15) is 5.15 Å². The average molecular weight is 204 g/mol. The minimum atomic E-state index is -1.25. The number of aromatic amines is 1. The van der Waals surface area contributed by atoms with E-state index < -0.39 is 5.97 Å². The van der Waals surface area contributed by atoms with E-state index in [1.54, 1.807) is 0 Å². The Morgan fingerprint density at radius 1 is 1.62 bits per heavy atom. The Balaban J connectivity index is 2.95. The number of hydrogen-bond donors (Lipinski definition) is 3. The Morgan fingerprint density at radius 3 is 2.62 bits per heavy atom. The second kappa shape index (κ2) is 3.44. The average Bonchev–Trinajstić information content (AvgIpc) is 2.29. The Morgan fingerprint density at radius 2 is 2.23 bits per heavy atom. The van der Waals surface area contributed by atoms with E-state index in [2.05, 4.69) is 15.3 Å². The molecule has 6 nitrogen and oxygen atoms in total. The normalized spacial score (nSPS) is 9.69. The number of aromatic nitrogens is 2. The number of nitrogens with one attached hydrogen (secondary N) is 2. The number of amides is 1. The molecule has 0 aliphatic heterocycles. The van der Waals surface area contributed by atoms with Crippen LogP contribution in [0.1, 0.15) is 17.4 Å². The number of anilines is 1. The molecule has 1 heterocycles. The van der Waals surface area contributed by atoms with Crippen LogP contribution in [0.5, 0.6) is 0 Å². The van der Waals surface area contributed by atoms with Crippen LogP contribution in [0.2, 0.25) is 5.15 Å². The van der Waals surface area contributed by atoms with Gasteiger partial charge in [0, 0.05) is 6.92 Å². The molecule has 0 bridgehead atoms. The summed E-state index contributed by atoms with van der Waals surface area (Å²) in [5, 5.41) is 10.7. The molecule has 3 N–H and O–H groups in total. The van der Waals surface area contributed by atoms with Crippen LogP contribution in [0.3, 0.4) is 0 Å². The lowest BCUT2D eigenvalue weighted by Crippen LogP contribution is -2.07. The lowest BCUT2D eigenvalue weighted by atomic mass is 10.5. The molecular formula is C6H6ClN3O3. The fourth-order valence-electron chi connectivity index (χ4n) is 0.720. The lowest BCUT2D eigenvalue weighted by molar-refractivity contribution is -0.114. The van der Waals surface area contributed by atoms with E-state index in [1.165, 1.54) is 6.92 Å². The first-order chi connectivity index (χ1) is 6.00. The van der Waals surface area contributed by atoms with E-state index >= 15 is 0 Å². The molecule has 1 aromatic heterocycles. The van der Waals surface area contributed by atoms with Gasteiger partial charge in [0.15, 0.2) is 5.69 Å². The number of carbonyl (C=O) groups is 2. The highest BCUT2D eigenvalue weighted by molar-refractivity contribution is 6.32. The Bertz CT molecular complexity index is 360. The van der Waals surface area contributed by atoms with Crippen molar-refractivity contribution in [3.63, 3.8) is 0 Å². The summed E-state index contributed by atoms with van der Waals surface area (Å²) < 4.78 is 0. The lowest BCUT2D eigenvalue weighted by Gasteiger charge is -1.92.